The molecular weight excluding hydrogens is 288 g/mol. The van der Waals surface area contributed by atoms with Gasteiger partial charge in [-0.2, -0.15) is 0 Å². The molecule has 0 N–H and O–H groups in total. The number of morpholine rings is 1. The molecule has 2 aliphatic heterocycles. The second-order valence-electron chi connectivity index (χ2n) is 6.70. The van der Waals surface area contributed by atoms with E-state index in [1.165, 1.54) is 51.0 Å². The minimum atomic E-state index is 0.695. The van der Waals surface area contributed by atoms with Gasteiger partial charge in [-0.1, -0.05) is 12.1 Å². The van der Waals surface area contributed by atoms with Crippen LogP contribution in [0.1, 0.15) is 30.7 Å². The monoisotopic (exact) mass is 318 g/mol. The molecule has 0 unspecified atom stereocenters. The van der Waals surface area contributed by atoms with Crippen LogP contribution >= 0.6 is 0 Å². The van der Waals surface area contributed by atoms with E-state index < -0.39 is 0 Å². The van der Waals surface area contributed by atoms with Crippen molar-refractivity contribution in [3.8, 4) is 5.75 Å². The third kappa shape index (κ3) is 4.93. The number of methoxy groups -OCH3 is 1. The second kappa shape index (κ2) is 8.67. The molecule has 3 rings (SSSR count). The molecule has 0 aliphatic carbocycles. The van der Waals surface area contributed by atoms with Gasteiger partial charge in [-0.25, -0.2) is 0 Å². The molecule has 128 valence electrons. The average molecular weight is 318 g/mol. The van der Waals surface area contributed by atoms with Gasteiger partial charge >= 0.3 is 0 Å². The van der Waals surface area contributed by atoms with Gasteiger partial charge in [0.1, 0.15) is 5.75 Å². The first-order valence-electron chi connectivity index (χ1n) is 9.01. The maximum absolute atomic E-state index is 5.41. The number of ether oxygens (including phenoxy) is 2. The Labute approximate surface area is 140 Å². The molecule has 4 heteroatoms. The lowest BCUT2D eigenvalue weighted by Gasteiger charge is -2.33. The lowest BCUT2D eigenvalue weighted by molar-refractivity contribution is 0.0357. The van der Waals surface area contributed by atoms with E-state index in [1.807, 2.05) is 6.07 Å². The fourth-order valence-electron chi connectivity index (χ4n) is 3.73. The van der Waals surface area contributed by atoms with Gasteiger partial charge in [0.2, 0.25) is 0 Å². The number of rotatable bonds is 6. The van der Waals surface area contributed by atoms with Crippen molar-refractivity contribution in [2.75, 3.05) is 59.6 Å². The van der Waals surface area contributed by atoms with E-state index in [1.54, 1.807) is 7.11 Å². The van der Waals surface area contributed by atoms with Gasteiger partial charge in [0, 0.05) is 13.1 Å². The molecular formula is C19H30N2O2. The van der Waals surface area contributed by atoms with Crippen molar-refractivity contribution in [3.63, 3.8) is 0 Å². The first-order chi connectivity index (χ1) is 11.3. The summed E-state index contributed by atoms with van der Waals surface area (Å²) in [5.74, 6) is 1.68. The first-order valence-corrected chi connectivity index (χ1v) is 9.01. The summed E-state index contributed by atoms with van der Waals surface area (Å²) in [6.45, 7) is 8.95. The van der Waals surface area contributed by atoms with E-state index in [2.05, 4.69) is 28.0 Å². The van der Waals surface area contributed by atoms with E-state index in [9.17, 15) is 0 Å². The summed E-state index contributed by atoms with van der Waals surface area (Å²) in [5, 5.41) is 0. The normalized spacial score (nSPS) is 21.4. The van der Waals surface area contributed by atoms with Crippen LogP contribution in [0.25, 0.3) is 0 Å². The molecule has 0 saturated carbocycles. The zero-order chi connectivity index (χ0) is 15.9. The van der Waals surface area contributed by atoms with Crippen molar-refractivity contribution in [2.24, 2.45) is 0 Å². The van der Waals surface area contributed by atoms with Crippen LogP contribution in [0, 0.1) is 0 Å². The number of hydrogen-bond acceptors (Lipinski definition) is 4. The number of likely N-dealkylation sites (tertiary alicyclic amines) is 1. The van der Waals surface area contributed by atoms with Crippen molar-refractivity contribution >= 4 is 0 Å². The van der Waals surface area contributed by atoms with Gasteiger partial charge in [-0.05, 0) is 69.1 Å². The fourth-order valence-corrected chi connectivity index (χ4v) is 3.73. The summed E-state index contributed by atoms with van der Waals surface area (Å²) in [5.41, 5.74) is 1.44. The number of piperidine rings is 1. The summed E-state index contributed by atoms with van der Waals surface area (Å²) in [6.07, 6.45) is 3.82. The highest BCUT2D eigenvalue weighted by Crippen LogP contribution is 2.30. The van der Waals surface area contributed by atoms with Gasteiger partial charge in [0.05, 0.1) is 20.3 Å². The van der Waals surface area contributed by atoms with Crippen LogP contribution in [-0.2, 0) is 4.74 Å². The number of hydrogen-bond donors (Lipinski definition) is 0. The van der Waals surface area contributed by atoms with Crippen LogP contribution in [0.3, 0.4) is 0 Å². The zero-order valence-corrected chi connectivity index (χ0v) is 14.4. The predicted octanol–water partition coefficient (Wildman–Crippen LogP) is 2.60. The SMILES string of the molecule is COc1cccc(C2CCN(CCCN3CCOCC3)CC2)c1. The Morgan fingerprint density at radius 2 is 1.74 bits per heavy atom. The Morgan fingerprint density at radius 3 is 2.43 bits per heavy atom. The van der Waals surface area contributed by atoms with Crippen molar-refractivity contribution in [1.82, 2.24) is 9.80 Å². The Balaban J connectivity index is 1.38. The van der Waals surface area contributed by atoms with Gasteiger partial charge in [0.25, 0.3) is 0 Å². The summed E-state index contributed by atoms with van der Waals surface area (Å²) in [7, 11) is 1.75. The van der Waals surface area contributed by atoms with Crippen LogP contribution in [0.4, 0.5) is 0 Å². The highest BCUT2D eigenvalue weighted by atomic mass is 16.5. The Morgan fingerprint density at radius 1 is 1.04 bits per heavy atom. The van der Waals surface area contributed by atoms with Gasteiger partial charge in [-0.15, -0.1) is 0 Å². The molecule has 4 nitrogen and oxygen atoms in total. The second-order valence-corrected chi connectivity index (χ2v) is 6.70. The summed E-state index contributed by atoms with van der Waals surface area (Å²) in [6, 6.07) is 8.60. The van der Waals surface area contributed by atoms with E-state index in [-0.39, 0.29) is 0 Å². The van der Waals surface area contributed by atoms with Crippen LogP contribution in [0.2, 0.25) is 0 Å². The van der Waals surface area contributed by atoms with E-state index in [4.69, 9.17) is 9.47 Å². The highest BCUT2D eigenvalue weighted by molar-refractivity contribution is 5.31. The lowest BCUT2D eigenvalue weighted by atomic mass is 9.89. The molecule has 0 aromatic heterocycles. The van der Waals surface area contributed by atoms with Crippen molar-refractivity contribution in [2.45, 2.75) is 25.2 Å². The quantitative estimate of drug-likeness (QED) is 0.805. The topological polar surface area (TPSA) is 24.9 Å². The first kappa shape index (κ1) is 16.7. The maximum atomic E-state index is 5.41. The van der Waals surface area contributed by atoms with E-state index in [0.29, 0.717) is 5.92 Å². The Hall–Kier alpha value is -1.10. The standard InChI is InChI=1S/C19H30N2O2/c1-22-19-5-2-4-18(16-19)17-6-10-20(11-7-17)8-3-9-21-12-14-23-15-13-21/h2,4-5,16-17H,3,6-15H2,1H3. The minimum absolute atomic E-state index is 0.695. The highest BCUT2D eigenvalue weighted by Gasteiger charge is 2.21. The van der Waals surface area contributed by atoms with Gasteiger partial charge < -0.3 is 14.4 Å². The largest absolute Gasteiger partial charge is 0.497 e. The van der Waals surface area contributed by atoms with Crippen molar-refractivity contribution in [3.05, 3.63) is 29.8 Å². The van der Waals surface area contributed by atoms with Crippen LogP contribution < -0.4 is 4.74 Å². The van der Waals surface area contributed by atoms with E-state index in [0.717, 1.165) is 32.1 Å². The maximum Gasteiger partial charge on any atom is 0.119 e. The lowest BCUT2D eigenvalue weighted by Crippen LogP contribution is -2.39. The Bertz CT molecular complexity index is 466. The van der Waals surface area contributed by atoms with E-state index >= 15 is 0 Å². The molecule has 0 bridgehead atoms. The third-order valence-corrected chi connectivity index (χ3v) is 5.21. The molecule has 2 fully saturated rings. The van der Waals surface area contributed by atoms with Crippen LogP contribution in [0.15, 0.2) is 24.3 Å². The molecule has 1 aromatic rings. The van der Waals surface area contributed by atoms with Crippen molar-refractivity contribution < 1.29 is 9.47 Å². The third-order valence-electron chi connectivity index (χ3n) is 5.21. The molecule has 0 amide bonds. The number of nitrogens with zero attached hydrogens (tertiary/aromatic N) is 2. The number of benzene rings is 1. The molecule has 2 aliphatic rings. The summed E-state index contributed by atoms with van der Waals surface area (Å²) >= 11 is 0. The molecule has 0 atom stereocenters. The van der Waals surface area contributed by atoms with Gasteiger partial charge in [-0.3, -0.25) is 4.90 Å². The summed E-state index contributed by atoms with van der Waals surface area (Å²) < 4.78 is 10.8. The van der Waals surface area contributed by atoms with Crippen LogP contribution in [-0.4, -0.2) is 69.4 Å². The predicted molar refractivity (Wildman–Crippen MR) is 93.3 cm³/mol. The van der Waals surface area contributed by atoms with Crippen molar-refractivity contribution in [1.29, 1.82) is 0 Å². The smallest absolute Gasteiger partial charge is 0.119 e. The minimum Gasteiger partial charge on any atom is -0.497 e. The molecule has 23 heavy (non-hydrogen) atoms. The van der Waals surface area contributed by atoms with Crippen LogP contribution in [0.5, 0.6) is 5.75 Å². The fraction of sp³-hybridized carbons (Fsp3) is 0.684. The zero-order valence-electron chi connectivity index (χ0n) is 14.4. The molecule has 0 spiro atoms. The molecule has 1 aromatic carbocycles. The summed E-state index contributed by atoms with van der Waals surface area (Å²) in [4.78, 5) is 5.17. The molecule has 2 heterocycles. The molecule has 2 saturated heterocycles. The molecule has 0 radical (unpaired) electrons. The Kier molecular flexibility index (Phi) is 6.31. The van der Waals surface area contributed by atoms with Gasteiger partial charge in [0.15, 0.2) is 0 Å². The average Bonchev–Trinajstić information content (AvgIpc) is 2.63.